The number of aromatic nitrogens is 1. The van der Waals surface area contributed by atoms with Crippen LogP contribution in [0, 0.1) is 0 Å². The number of ether oxygens (including phenoxy) is 1. The van der Waals surface area contributed by atoms with Crippen LogP contribution in [-0.4, -0.2) is 36.8 Å². The smallest absolute Gasteiger partial charge is 0.118 e. The van der Waals surface area contributed by atoms with Gasteiger partial charge in [0.2, 0.25) is 0 Å². The second-order valence-electron chi connectivity index (χ2n) is 8.93. The van der Waals surface area contributed by atoms with Gasteiger partial charge in [-0.3, -0.25) is 0 Å². The summed E-state index contributed by atoms with van der Waals surface area (Å²) in [4.78, 5) is 7.47. The van der Waals surface area contributed by atoms with Crippen LogP contribution in [0.4, 0.5) is 5.69 Å². The summed E-state index contributed by atoms with van der Waals surface area (Å²) in [7, 11) is 1.69. The second-order valence-corrected chi connectivity index (χ2v) is 8.93. The fourth-order valence-corrected chi connectivity index (χ4v) is 4.21. The molecule has 0 aliphatic carbocycles. The fourth-order valence-electron chi connectivity index (χ4n) is 4.21. The molecule has 0 saturated carbocycles. The standard InChI is InChI=1S/C25H31N3O.ClH/c1-25(2,3)27-19-13-15-28(16-14-19)24-17-23(18-9-11-20(29-4)12-10-18)26-22-8-6-5-7-21(22)24;/h5-12,17,19,27H,13-16H2,1-4H3;1H. The molecule has 2 aromatic carbocycles. The van der Waals surface area contributed by atoms with Crippen molar-refractivity contribution in [3.8, 4) is 17.0 Å². The highest BCUT2D eigenvalue weighted by Gasteiger charge is 2.24. The third-order valence-electron chi connectivity index (χ3n) is 5.55. The Morgan fingerprint density at radius 1 is 1.00 bits per heavy atom. The van der Waals surface area contributed by atoms with Crippen LogP contribution >= 0.6 is 12.4 Å². The molecule has 0 unspecified atom stereocenters. The van der Waals surface area contributed by atoms with Gasteiger partial charge in [-0.1, -0.05) is 18.2 Å². The Morgan fingerprint density at radius 2 is 1.67 bits per heavy atom. The molecule has 1 aliphatic heterocycles. The number of para-hydroxylation sites is 1. The summed E-state index contributed by atoms with van der Waals surface area (Å²) >= 11 is 0. The van der Waals surface area contributed by atoms with Crippen molar-refractivity contribution in [2.45, 2.75) is 45.2 Å². The lowest BCUT2D eigenvalue weighted by Gasteiger charge is -2.37. The lowest BCUT2D eigenvalue weighted by molar-refractivity contribution is 0.317. The lowest BCUT2D eigenvalue weighted by atomic mass is 9.98. The van der Waals surface area contributed by atoms with E-state index in [2.05, 4.69) is 73.5 Å². The normalized spacial score (nSPS) is 15.1. The molecule has 30 heavy (non-hydrogen) atoms. The third kappa shape index (κ3) is 5.05. The van der Waals surface area contributed by atoms with Crippen molar-refractivity contribution in [3.05, 3.63) is 54.6 Å². The van der Waals surface area contributed by atoms with E-state index in [4.69, 9.17) is 9.72 Å². The van der Waals surface area contributed by atoms with Gasteiger partial charge in [0.1, 0.15) is 5.75 Å². The number of fused-ring (bicyclic) bond motifs is 1. The van der Waals surface area contributed by atoms with Crippen LogP contribution in [0.2, 0.25) is 0 Å². The number of methoxy groups -OCH3 is 1. The lowest BCUT2D eigenvalue weighted by Crippen LogP contribution is -2.49. The van der Waals surface area contributed by atoms with Crippen LogP contribution in [0.15, 0.2) is 54.6 Å². The van der Waals surface area contributed by atoms with Gasteiger partial charge >= 0.3 is 0 Å². The molecule has 160 valence electrons. The first-order chi connectivity index (χ1) is 13.9. The molecule has 1 fully saturated rings. The molecule has 1 N–H and O–H groups in total. The molecule has 5 heteroatoms. The van der Waals surface area contributed by atoms with Crippen molar-refractivity contribution in [1.82, 2.24) is 10.3 Å². The minimum Gasteiger partial charge on any atom is -0.497 e. The van der Waals surface area contributed by atoms with Gasteiger partial charge in [0, 0.05) is 41.3 Å². The van der Waals surface area contributed by atoms with E-state index < -0.39 is 0 Å². The maximum atomic E-state index is 5.30. The molecule has 0 bridgehead atoms. The van der Waals surface area contributed by atoms with Gasteiger partial charge < -0.3 is 15.0 Å². The quantitative estimate of drug-likeness (QED) is 0.582. The largest absolute Gasteiger partial charge is 0.497 e. The topological polar surface area (TPSA) is 37.4 Å². The second kappa shape index (κ2) is 9.23. The Kier molecular flexibility index (Phi) is 6.89. The van der Waals surface area contributed by atoms with Gasteiger partial charge in [0.05, 0.1) is 18.3 Å². The number of nitrogens with zero attached hydrogens (tertiary/aromatic N) is 2. The van der Waals surface area contributed by atoms with Gasteiger partial charge in [-0.25, -0.2) is 4.98 Å². The Morgan fingerprint density at radius 3 is 2.30 bits per heavy atom. The van der Waals surface area contributed by atoms with Crippen LogP contribution in [0.25, 0.3) is 22.2 Å². The highest BCUT2D eigenvalue weighted by Crippen LogP contribution is 2.33. The van der Waals surface area contributed by atoms with Crippen molar-refractivity contribution in [3.63, 3.8) is 0 Å². The van der Waals surface area contributed by atoms with Gasteiger partial charge in [0.25, 0.3) is 0 Å². The van der Waals surface area contributed by atoms with E-state index in [1.54, 1.807) is 7.11 Å². The molecule has 0 spiro atoms. The number of halogens is 1. The molecule has 3 aromatic rings. The van der Waals surface area contributed by atoms with Crippen LogP contribution in [0.3, 0.4) is 0 Å². The van der Waals surface area contributed by atoms with Gasteiger partial charge in [-0.05, 0) is 70.0 Å². The van der Waals surface area contributed by atoms with E-state index in [9.17, 15) is 0 Å². The highest BCUT2D eigenvalue weighted by atomic mass is 35.5. The number of anilines is 1. The van der Waals surface area contributed by atoms with Crippen LogP contribution in [0.1, 0.15) is 33.6 Å². The van der Waals surface area contributed by atoms with E-state index in [0.717, 1.165) is 48.5 Å². The van der Waals surface area contributed by atoms with Crippen molar-refractivity contribution >= 4 is 29.0 Å². The number of rotatable bonds is 4. The molecule has 0 amide bonds. The zero-order chi connectivity index (χ0) is 20.4. The molecule has 0 atom stereocenters. The molecule has 1 saturated heterocycles. The van der Waals surface area contributed by atoms with Gasteiger partial charge in [0.15, 0.2) is 0 Å². The maximum Gasteiger partial charge on any atom is 0.118 e. The van der Waals surface area contributed by atoms with Crippen LogP contribution < -0.4 is 15.0 Å². The highest BCUT2D eigenvalue weighted by molar-refractivity contribution is 5.94. The molecular formula is C25H32ClN3O. The fraction of sp³-hybridized carbons (Fsp3) is 0.400. The average Bonchev–Trinajstić information content (AvgIpc) is 2.72. The average molecular weight is 426 g/mol. The molecule has 1 aliphatic rings. The molecular weight excluding hydrogens is 394 g/mol. The van der Waals surface area contributed by atoms with Gasteiger partial charge in [-0.15, -0.1) is 12.4 Å². The first-order valence-electron chi connectivity index (χ1n) is 10.5. The zero-order valence-corrected chi connectivity index (χ0v) is 19.1. The van der Waals surface area contributed by atoms with Crippen molar-refractivity contribution < 1.29 is 4.74 Å². The third-order valence-corrected chi connectivity index (χ3v) is 5.55. The SMILES string of the molecule is COc1ccc(-c2cc(N3CCC(NC(C)(C)C)CC3)c3ccccc3n2)cc1.Cl. The molecule has 4 rings (SSSR count). The van der Waals surface area contributed by atoms with Crippen molar-refractivity contribution in [2.75, 3.05) is 25.1 Å². The summed E-state index contributed by atoms with van der Waals surface area (Å²) < 4.78 is 5.30. The van der Waals surface area contributed by atoms with Crippen LogP contribution in [0.5, 0.6) is 5.75 Å². The monoisotopic (exact) mass is 425 g/mol. The summed E-state index contributed by atoms with van der Waals surface area (Å²) in [6.45, 7) is 8.86. The Balaban J connectivity index is 0.00000256. The Hall–Kier alpha value is -2.30. The van der Waals surface area contributed by atoms with Gasteiger partial charge in [-0.2, -0.15) is 0 Å². The first kappa shape index (κ1) is 22.4. The number of nitrogens with one attached hydrogen (secondary N) is 1. The number of piperidine rings is 1. The predicted molar refractivity (Wildman–Crippen MR) is 129 cm³/mol. The zero-order valence-electron chi connectivity index (χ0n) is 18.3. The van der Waals surface area contributed by atoms with Crippen LogP contribution in [-0.2, 0) is 0 Å². The van der Waals surface area contributed by atoms with E-state index in [1.165, 1.54) is 11.1 Å². The summed E-state index contributed by atoms with van der Waals surface area (Å²) in [5.74, 6) is 0.864. The van der Waals surface area contributed by atoms with E-state index in [1.807, 2.05) is 12.1 Å². The number of pyridine rings is 1. The van der Waals surface area contributed by atoms with E-state index in [-0.39, 0.29) is 17.9 Å². The van der Waals surface area contributed by atoms with Crippen molar-refractivity contribution in [1.29, 1.82) is 0 Å². The van der Waals surface area contributed by atoms with E-state index >= 15 is 0 Å². The summed E-state index contributed by atoms with van der Waals surface area (Å²) in [5.41, 5.74) is 4.62. The first-order valence-corrected chi connectivity index (χ1v) is 10.5. The minimum atomic E-state index is 0. The number of hydrogen-bond donors (Lipinski definition) is 1. The summed E-state index contributed by atoms with van der Waals surface area (Å²) in [6, 6.07) is 19.5. The number of benzene rings is 2. The number of hydrogen-bond acceptors (Lipinski definition) is 4. The molecule has 2 heterocycles. The maximum absolute atomic E-state index is 5.30. The molecule has 4 nitrogen and oxygen atoms in total. The predicted octanol–water partition coefficient (Wildman–Crippen LogP) is 5.69. The summed E-state index contributed by atoms with van der Waals surface area (Å²) in [5, 5.41) is 4.99. The minimum absolute atomic E-state index is 0. The summed E-state index contributed by atoms with van der Waals surface area (Å²) in [6.07, 6.45) is 2.32. The molecule has 0 radical (unpaired) electrons. The van der Waals surface area contributed by atoms with E-state index in [0.29, 0.717) is 6.04 Å². The Bertz CT molecular complexity index is 974. The molecule has 1 aromatic heterocycles. The van der Waals surface area contributed by atoms with Crippen molar-refractivity contribution in [2.24, 2.45) is 0 Å². The Labute approximate surface area is 186 Å².